The highest BCUT2D eigenvalue weighted by atomic mass is 16.5. The van der Waals surface area contributed by atoms with E-state index in [1.54, 1.807) is 45.2 Å². The van der Waals surface area contributed by atoms with Crippen LogP contribution in [0.3, 0.4) is 0 Å². The fraction of sp³-hybridized carbons (Fsp3) is 0.250. The molecular weight excluding hydrogens is 298 g/mol. The molecule has 0 radical (unpaired) electrons. The quantitative estimate of drug-likeness (QED) is 0.905. The Labute approximate surface area is 133 Å². The van der Waals surface area contributed by atoms with Gasteiger partial charge < -0.3 is 14.7 Å². The molecule has 2 aromatic rings. The third-order valence-corrected chi connectivity index (χ3v) is 3.22. The summed E-state index contributed by atoms with van der Waals surface area (Å²) in [4.78, 5) is 32.7. The first-order chi connectivity index (χ1) is 10.9. The van der Waals surface area contributed by atoms with Gasteiger partial charge in [-0.3, -0.25) is 4.79 Å². The topological polar surface area (TPSA) is 92.6 Å². The number of carboxylic acids is 1. The summed E-state index contributed by atoms with van der Waals surface area (Å²) in [6, 6.07) is 6.58. The standard InChI is InChI=1S/C16H17N3O4/c1-10-14(8-17-11(2)18-10)16(22)19(3)12-4-6-13(7-5-12)23-9-15(20)21/h4-8H,9H2,1-3H3,(H,20,21). The number of carbonyl (C=O) groups excluding carboxylic acids is 1. The van der Waals surface area contributed by atoms with Gasteiger partial charge in [0.1, 0.15) is 11.6 Å². The van der Waals surface area contributed by atoms with E-state index in [2.05, 4.69) is 9.97 Å². The summed E-state index contributed by atoms with van der Waals surface area (Å²) in [6.45, 7) is 3.12. The molecule has 1 aromatic carbocycles. The zero-order valence-corrected chi connectivity index (χ0v) is 13.1. The lowest BCUT2D eigenvalue weighted by Crippen LogP contribution is -2.27. The number of amides is 1. The third-order valence-electron chi connectivity index (χ3n) is 3.22. The number of nitrogens with zero attached hydrogens (tertiary/aromatic N) is 3. The Kier molecular flexibility index (Phi) is 4.90. The van der Waals surface area contributed by atoms with Crippen molar-refractivity contribution in [2.75, 3.05) is 18.6 Å². The first-order valence-corrected chi connectivity index (χ1v) is 6.91. The average Bonchev–Trinajstić information content (AvgIpc) is 2.52. The molecule has 120 valence electrons. The normalized spacial score (nSPS) is 10.2. The molecule has 0 unspecified atom stereocenters. The summed E-state index contributed by atoms with van der Waals surface area (Å²) in [5, 5.41) is 8.57. The Hall–Kier alpha value is -2.96. The predicted octanol–water partition coefficient (Wildman–Crippen LogP) is 1.83. The van der Waals surface area contributed by atoms with Crippen molar-refractivity contribution >= 4 is 17.6 Å². The van der Waals surface area contributed by atoms with Crippen molar-refractivity contribution in [1.29, 1.82) is 0 Å². The zero-order valence-electron chi connectivity index (χ0n) is 13.1. The van der Waals surface area contributed by atoms with E-state index >= 15 is 0 Å². The van der Waals surface area contributed by atoms with Crippen molar-refractivity contribution in [2.45, 2.75) is 13.8 Å². The minimum absolute atomic E-state index is 0.221. The molecule has 1 amide bonds. The molecule has 0 saturated carbocycles. The Bertz CT molecular complexity index is 729. The van der Waals surface area contributed by atoms with Crippen molar-refractivity contribution < 1.29 is 19.4 Å². The van der Waals surface area contributed by atoms with Crippen LogP contribution in [0.2, 0.25) is 0 Å². The minimum Gasteiger partial charge on any atom is -0.482 e. The lowest BCUT2D eigenvalue weighted by Gasteiger charge is -2.18. The summed E-state index contributed by atoms with van der Waals surface area (Å²) in [7, 11) is 1.65. The third kappa shape index (κ3) is 4.03. The highest BCUT2D eigenvalue weighted by Crippen LogP contribution is 2.20. The second kappa shape index (κ2) is 6.87. The molecule has 0 saturated heterocycles. The first-order valence-electron chi connectivity index (χ1n) is 6.91. The van der Waals surface area contributed by atoms with E-state index in [9.17, 15) is 9.59 Å². The van der Waals surface area contributed by atoms with E-state index in [0.29, 0.717) is 28.5 Å². The number of carboxylic acid groups (broad SMARTS) is 1. The molecule has 0 bridgehead atoms. The number of carbonyl (C=O) groups is 2. The molecule has 1 aromatic heterocycles. The number of hydrogen-bond donors (Lipinski definition) is 1. The molecule has 0 aliphatic heterocycles. The molecule has 1 heterocycles. The monoisotopic (exact) mass is 315 g/mol. The minimum atomic E-state index is -1.05. The summed E-state index contributed by atoms with van der Waals surface area (Å²) in [5.74, 6) is -0.230. The van der Waals surface area contributed by atoms with Gasteiger partial charge in [0.15, 0.2) is 6.61 Å². The maximum atomic E-state index is 12.5. The van der Waals surface area contributed by atoms with Crippen molar-refractivity contribution in [3.8, 4) is 5.75 Å². The van der Waals surface area contributed by atoms with Crippen LogP contribution in [0.5, 0.6) is 5.75 Å². The van der Waals surface area contributed by atoms with Crippen LogP contribution in [-0.4, -0.2) is 40.6 Å². The number of aromatic nitrogens is 2. The zero-order chi connectivity index (χ0) is 17.0. The van der Waals surface area contributed by atoms with Crippen molar-refractivity contribution in [3.63, 3.8) is 0 Å². The van der Waals surface area contributed by atoms with Crippen LogP contribution in [-0.2, 0) is 4.79 Å². The Balaban J connectivity index is 2.14. The van der Waals surface area contributed by atoms with Crippen molar-refractivity contribution in [1.82, 2.24) is 9.97 Å². The van der Waals surface area contributed by atoms with Crippen LogP contribution < -0.4 is 9.64 Å². The van der Waals surface area contributed by atoms with E-state index in [0.717, 1.165) is 0 Å². The predicted molar refractivity (Wildman–Crippen MR) is 83.8 cm³/mol. The van der Waals surface area contributed by atoms with Crippen molar-refractivity contribution in [2.24, 2.45) is 0 Å². The van der Waals surface area contributed by atoms with Crippen LogP contribution in [0.25, 0.3) is 0 Å². The summed E-state index contributed by atoms with van der Waals surface area (Å²) in [6.07, 6.45) is 1.51. The lowest BCUT2D eigenvalue weighted by molar-refractivity contribution is -0.139. The molecule has 0 aliphatic rings. The molecule has 23 heavy (non-hydrogen) atoms. The van der Waals surface area contributed by atoms with Gasteiger partial charge in [-0.1, -0.05) is 0 Å². The van der Waals surface area contributed by atoms with Gasteiger partial charge >= 0.3 is 5.97 Å². The van der Waals surface area contributed by atoms with E-state index in [4.69, 9.17) is 9.84 Å². The second-order valence-corrected chi connectivity index (χ2v) is 4.96. The smallest absolute Gasteiger partial charge is 0.341 e. The highest BCUT2D eigenvalue weighted by molar-refractivity contribution is 6.06. The number of hydrogen-bond acceptors (Lipinski definition) is 5. The van der Waals surface area contributed by atoms with Gasteiger partial charge in [-0.25, -0.2) is 14.8 Å². The average molecular weight is 315 g/mol. The fourth-order valence-electron chi connectivity index (χ4n) is 2.00. The van der Waals surface area contributed by atoms with Gasteiger partial charge in [-0.2, -0.15) is 0 Å². The molecule has 0 fully saturated rings. The molecule has 7 heteroatoms. The number of ether oxygens (including phenoxy) is 1. The van der Waals surface area contributed by atoms with E-state index in [1.165, 1.54) is 11.1 Å². The summed E-state index contributed by atoms with van der Waals surface area (Å²) in [5.41, 5.74) is 1.71. The molecule has 0 spiro atoms. The molecule has 0 atom stereocenters. The van der Waals surface area contributed by atoms with Crippen LogP contribution in [0.4, 0.5) is 5.69 Å². The van der Waals surface area contributed by atoms with Gasteiger partial charge in [0, 0.05) is 18.9 Å². The van der Waals surface area contributed by atoms with Gasteiger partial charge in [-0.05, 0) is 38.1 Å². The molecule has 1 N–H and O–H groups in total. The summed E-state index contributed by atoms with van der Waals surface area (Å²) >= 11 is 0. The molecule has 0 aliphatic carbocycles. The van der Waals surface area contributed by atoms with E-state index in [-0.39, 0.29) is 5.91 Å². The number of anilines is 1. The number of rotatable bonds is 5. The van der Waals surface area contributed by atoms with E-state index in [1.807, 2.05) is 0 Å². The van der Waals surface area contributed by atoms with Crippen LogP contribution >= 0.6 is 0 Å². The van der Waals surface area contributed by atoms with Crippen LogP contribution in [0, 0.1) is 13.8 Å². The Morgan fingerprint density at radius 2 is 1.87 bits per heavy atom. The number of aryl methyl sites for hydroxylation is 2. The van der Waals surface area contributed by atoms with Gasteiger partial charge in [-0.15, -0.1) is 0 Å². The SMILES string of the molecule is Cc1ncc(C(=O)N(C)c2ccc(OCC(=O)O)cc2)c(C)n1. The maximum Gasteiger partial charge on any atom is 0.341 e. The lowest BCUT2D eigenvalue weighted by atomic mass is 10.2. The van der Waals surface area contributed by atoms with E-state index < -0.39 is 12.6 Å². The van der Waals surface area contributed by atoms with Crippen LogP contribution in [0.15, 0.2) is 30.5 Å². The largest absolute Gasteiger partial charge is 0.482 e. The molecular formula is C16H17N3O4. The Morgan fingerprint density at radius 3 is 2.43 bits per heavy atom. The summed E-state index contributed by atoms with van der Waals surface area (Å²) < 4.78 is 5.06. The number of benzene rings is 1. The second-order valence-electron chi connectivity index (χ2n) is 4.96. The van der Waals surface area contributed by atoms with Gasteiger partial charge in [0.25, 0.3) is 5.91 Å². The van der Waals surface area contributed by atoms with Crippen LogP contribution in [0.1, 0.15) is 21.9 Å². The van der Waals surface area contributed by atoms with Gasteiger partial charge in [0.05, 0.1) is 11.3 Å². The number of aliphatic carboxylic acids is 1. The molecule has 2 rings (SSSR count). The van der Waals surface area contributed by atoms with Gasteiger partial charge in [0.2, 0.25) is 0 Å². The maximum absolute atomic E-state index is 12.5. The highest BCUT2D eigenvalue weighted by Gasteiger charge is 2.17. The molecule has 7 nitrogen and oxygen atoms in total. The first kappa shape index (κ1) is 16.4. The Morgan fingerprint density at radius 1 is 1.22 bits per heavy atom. The fourth-order valence-corrected chi connectivity index (χ4v) is 2.00. The van der Waals surface area contributed by atoms with Crippen molar-refractivity contribution in [3.05, 3.63) is 47.5 Å².